The first kappa shape index (κ1) is 16.2. The van der Waals surface area contributed by atoms with Gasteiger partial charge in [-0.05, 0) is 23.8 Å². The molecular weight excluding hydrogens is 230 g/mol. The number of nitrogens with one attached hydrogen (secondary N) is 1. The maximum absolute atomic E-state index is 3.59. The molecule has 0 saturated heterocycles. The van der Waals surface area contributed by atoms with Gasteiger partial charge < -0.3 is 5.32 Å². The van der Waals surface area contributed by atoms with Gasteiger partial charge in [0.25, 0.3) is 0 Å². The molecule has 0 amide bonds. The molecule has 0 bridgehead atoms. The molecule has 0 aliphatic carbocycles. The van der Waals surface area contributed by atoms with Crippen molar-refractivity contribution in [3.8, 4) is 0 Å². The molecule has 19 heavy (non-hydrogen) atoms. The van der Waals surface area contributed by atoms with Crippen molar-refractivity contribution in [1.82, 2.24) is 5.32 Å². The third kappa shape index (κ3) is 7.37. The number of hydrogen-bond acceptors (Lipinski definition) is 1. The lowest BCUT2D eigenvalue weighted by Crippen LogP contribution is -2.28. The number of unbranched alkanes of at least 4 members (excludes halogenated alkanes) is 1. The van der Waals surface area contributed by atoms with Crippen LogP contribution in [0.1, 0.15) is 64.9 Å². The molecule has 1 N–H and O–H groups in total. The predicted molar refractivity (Wildman–Crippen MR) is 85.6 cm³/mol. The van der Waals surface area contributed by atoms with E-state index < -0.39 is 0 Å². The zero-order valence-electron chi connectivity index (χ0n) is 13.2. The first-order valence-corrected chi connectivity index (χ1v) is 7.88. The lowest BCUT2D eigenvalue weighted by Gasteiger charge is -2.20. The van der Waals surface area contributed by atoms with Gasteiger partial charge in [-0.15, -0.1) is 0 Å². The summed E-state index contributed by atoms with van der Waals surface area (Å²) in [5.41, 5.74) is 1.49. The molecule has 1 aromatic carbocycles. The van der Waals surface area contributed by atoms with Gasteiger partial charge in [-0.1, -0.05) is 77.3 Å². The Morgan fingerprint density at radius 3 is 2.11 bits per heavy atom. The molecule has 0 aromatic heterocycles. The highest BCUT2D eigenvalue weighted by Crippen LogP contribution is 2.22. The summed E-state index contributed by atoms with van der Waals surface area (Å²) in [5, 5.41) is 3.59. The SMILES string of the molecule is CC(C)CCCCC(CNC(C)C)c1ccccc1. The summed E-state index contributed by atoms with van der Waals surface area (Å²) >= 11 is 0. The molecule has 0 spiro atoms. The quantitative estimate of drug-likeness (QED) is 0.618. The largest absolute Gasteiger partial charge is 0.314 e. The fourth-order valence-corrected chi connectivity index (χ4v) is 2.43. The van der Waals surface area contributed by atoms with Crippen molar-refractivity contribution >= 4 is 0 Å². The molecule has 108 valence electrons. The Kier molecular flexibility index (Phi) is 7.81. The lowest BCUT2D eigenvalue weighted by atomic mass is 9.92. The Bertz CT molecular complexity index is 316. The van der Waals surface area contributed by atoms with E-state index in [-0.39, 0.29) is 0 Å². The minimum absolute atomic E-state index is 0.571. The molecule has 0 aliphatic rings. The van der Waals surface area contributed by atoms with E-state index in [1.165, 1.54) is 31.2 Å². The molecular formula is C18H31N. The summed E-state index contributed by atoms with van der Waals surface area (Å²) in [5.74, 6) is 1.50. The van der Waals surface area contributed by atoms with Gasteiger partial charge in [0.2, 0.25) is 0 Å². The van der Waals surface area contributed by atoms with Crippen LogP contribution in [0, 0.1) is 5.92 Å². The van der Waals surface area contributed by atoms with Crippen molar-refractivity contribution in [1.29, 1.82) is 0 Å². The van der Waals surface area contributed by atoms with Crippen LogP contribution in [0.4, 0.5) is 0 Å². The predicted octanol–water partition coefficient (Wildman–Crippen LogP) is 4.98. The van der Waals surface area contributed by atoms with Gasteiger partial charge in [-0.25, -0.2) is 0 Å². The third-order valence-corrected chi connectivity index (χ3v) is 3.63. The van der Waals surface area contributed by atoms with Crippen molar-refractivity contribution in [2.45, 2.75) is 65.3 Å². The van der Waals surface area contributed by atoms with E-state index in [0.29, 0.717) is 12.0 Å². The average molecular weight is 261 g/mol. The molecule has 1 atom stereocenters. The topological polar surface area (TPSA) is 12.0 Å². The van der Waals surface area contributed by atoms with E-state index in [9.17, 15) is 0 Å². The van der Waals surface area contributed by atoms with Crippen molar-refractivity contribution in [3.05, 3.63) is 35.9 Å². The van der Waals surface area contributed by atoms with Crippen LogP contribution < -0.4 is 5.32 Å². The summed E-state index contributed by atoms with van der Waals surface area (Å²) in [4.78, 5) is 0. The van der Waals surface area contributed by atoms with Gasteiger partial charge in [0.15, 0.2) is 0 Å². The normalized spacial score (nSPS) is 13.2. The van der Waals surface area contributed by atoms with Crippen molar-refractivity contribution in [2.75, 3.05) is 6.54 Å². The maximum atomic E-state index is 3.59. The van der Waals surface area contributed by atoms with Gasteiger partial charge in [0, 0.05) is 12.6 Å². The fourth-order valence-electron chi connectivity index (χ4n) is 2.43. The zero-order valence-corrected chi connectivity index (χ0v) is 13.2. The minimum atomic E-state index is 0.571. The van der Waals surface area contributed by atoms with Gasteiger partial charge in [-0.2, -0.15) is 0 Å². The Morgan fingerprint density at radius 2 is 1.53 bits per heavy atom. The molecule has 1 rings (SSSR count). The first-order valence-electron chi connectivity index (χ1n) is 7.88. The molecule has 1 nitrogen and oxygen atoms in total. The van der Waals surface area contributed by atoms with Crippen LogP contribution in [-0.2, 0) is 0 Å². The zero-order chi connectivity index (χ0) is 14.1. The van der Waals surface area contributed by atoms with E-state index in [2.05, 4.69) is 63.3 Å². The van der Waals surface area contributed by atoms with Crippen LogP contribution in [0.3, 0.4) is 0 Å². The van der Waals surface area contributed by atoms with Crippen molar-refractivity contribution < 1.29 is 0 Å². The fraction of sp³-hybridized carbons (Fsp3) is 0.667. The molecule has 0 aliphatic heterocycles. The van der Waals surface area contributed by atoms with Gasteiger partial charge in [0.1, 0.15) is 0 Å². The van der Waals surface area contributed by atoms with E-state index >= 15 is 0 Å². The molecule has 0 saturated carbocycles. The van der Waals surface area contributed by atoms with Gasteiger partial charge in [0.05, 0.1) is 0 Å². The summed E-state index contributed by atoms with van der Waals surface area (Å²) < 4.78 is 0. The second-order valence-corrected chi connectivity index (χ2v) is 6.35. The van der Waals surface area contributed by atoms with E-state index in [4.69, 9.17) is 0 Å². The molecule has 0 fully saturated rings. The maximum Gasteiger partial charge on any atom is 0.00225 e. The number of hydrogen-bond donors (Lipinski definition) is 1. The van der Waals surface area contributed by atoms with E-state index in [1.54, 1.807) is 0 Å². The third-order valence-electron chi connectivity index (χ3n) is 3.63. The Labute approximate surface area is 119 Å². The van der Waals surface area contributed by atoms with Crippen molar-refractivity contribution in [3.63, 3.8) is 0 Å². The summed E-state index contributed by atoms with van der Waals surface area (Å²) in [6.07, 6.45) is 5.37. The molecule has 0 radical (unpaired) electrons. The summed E-state index contributed by atoms with van der Waals surface area (Å²) in [6, 6.07) is 11.5. The van der Waals surface area contributed by atoms with E-state index in [1.807, 2.05) is 0 Å². The highest BCUT2D eigenvalue weighted by molar-refractivity contribution is 5.19. The standard InChI is InChI=1S/C18H31N/c1-15(2)10-8-9-13-18(14-19-16(3)4)17-11-6-5-7-12-17/h5-7,11-12,15-16,18-19H,8-10,13-14H2,1-4H3. The van der Waals surface area contributed by atoms with Crippen LogP contribution in [-0.4, -0.2) is 12.6 Å². The van der Waals surface area contributed by atoms with Crippen molar-refractivity contribution in [2.24, 2.45) is 5.92 Å². The summed E-state index contributed by atoms with van der Waals surface area (Å²) in [6.45, 7) is 10.2. The van der Waals surface area contributed by atoms with Crippen LogP contribution in [0.2, 0.25) is 0 Å². The highest BCUT2D eigenvalue weighted by Gasteiger charge is 2.11. The monoisotopic (exact) mass is 261 g/mol. The summed E-state index contributed by atoms with van der Waals surface area (Å²) in [7, 11) is 0. The van der Waals surface area contributed by atoms with Crippen LogP contribution >= 0.6 is 0 Å². The molecule has 1 aromatic rings. The van der Waals surface area contributed by atoms with Crippen LogP contribution in [0.25, 0.3) is 0 Å². The first-order chi connectivity index (χ1) is 9.09. The smallest absolute Gasteiger partial charge is 0.00225 e. The van der Waals surface area contributed by atoms with Crippen LogP contribution in [0.5, 0.6) is 0 Å². The number of benzene rings is 1. The Morgan fingerprint density at radius 1 is 0.895 bits per heavy atom. The number of rotatable bonds is 9. The molecule has 1 heteroatoms. The second-order valence-electron chi connectivity index (χ2n) is 6.35. The Hall–Kier alpha value is -0.820. The molecule has 1 unspecified atom stereocenters. The lowest BCUT2D eigenvalue weighted by molar-refractivity contribution is 0.467. The minimum Gasteiger partial charge on any atom is -0.314 e. The van der Waals surface area contributed by atoms with Crippen LogP contribution in [0.15, 0.2) is 30.3 Å². The van der Waals surface area contributed by atoms with E-state index in [0.717, 1.165) is 12.5 Å². The van der Waals surface area contributed by atoms with Gasteiger partial charge >= 0.3 is 0 Å². The highest BCUT2D eigenvalue weighted by atomic mass is 14.9. The Balaban J connectivity index is 2.45. The van der Waals surface area contributed by atoms with Gasteiger partial charge in [-0.3, -0.25) is 0 Å². The second kappa shape index (κ2) is 9.14. The molecule has 0 heterocycles. The average Bonchev–Trinajstić information content (AvgIpc) is 2.38.